The summed E-state index contributed by atoms with van der Waals surface area (Å²) in [5.41, 5.74) is 2.17. The second kappa shape index (κ2) is 13.8. The number of benzene rings is 1. The van der Waals surface area contributed by atoms with Gasteiger partial charge in [0.05, 0.1) is 12.2 Å². The quantitative estimate of drug-likeness (QED) is 0.323. The molecule has 0 aliphatic carbocycles. The van der Waals surface area contributed by atoms with Gasteiger partial charge in [0.15, 0.2) is 5.75 Å². The number of carbonyl (C=O) groups excluding carboxylic acids is 1. The van der Waals surface area contributed by atoms with E-state index in [1.54, 1.807) is 6.07 Å². The van der Waals surface area contributed by atoms with E-state index in [1.165, 1.54) is 44.6 Å². The molecule has 1 aliphatic heterocycles. The second-order valence-corrected chi connectivity index (χ2v) is 9.50. The number of carbonyl (C=O) groups is 1. The van der Waals surface area contributed by atoms with Gasteiger partial charge in [-0.3, -0.25) is 9.59 Å². The van der Waals surface area contributed by atoms with Gasteiger partial charge in [0, 0.05) is 25.2 Å². The number of amides is 1. The molecule has 0 fully saturated rings. The van der Waals surface area contributed by atoms with Gasteiger partial charge >= 0.3 is 0 Å². The fourth-order valence-electron chi connectivity index (χ4n) is 4.40. The highest BCUT2D eigenvalue weighted by Crippen LogP contribution is 2.30. The first-order chi connectivity index (χ1) is 17.4. The molecule has 36 heavy (non-hydrogen) atoms. The van der Waals surface area contributed by atoms with Gasteiger partial charge < -0.3 is 24.1 Å². The Morgan fingerprint density at radius 3 is 2.39 bits per heavy atom. The minimum absolute atomic E-state index is 0.0792. The molecule has 1 aromatic carbocycles. The number of aromatic nitrogens is 1. The Labute approximate surface area is 214 Å². The number of aryl methyl sites for hydroxylation is 1. The van der Waals surface area contributed by atoms with Crippen LogP contribution < -0.4 is 15.5 Å². The smallest absolute Gasteiger partial charge is 0.258 e. The third-order valence-electron chi connectivity index (χ3n) is 6.65. The summed E-state index contributed by atoms with van der Waals surface area (Å²) >= 11 is 0. The number of nitrogens with zero attached hydrogens (tertiary/aromatic N) is 1. The first kappa shape index (κ1) is 27.4. The molecule has 0 spiro atoms. The minimum Gasteiger partial charge on any atom is -0.483 e. The number of hydrogen-bond donors (Lipinski definition) is 1. The summed E-state index contributed by atoms with van der Waals surface area (Å²) in [6.45, 7) is 4.51. The summed E-state index contributed by atoms with van der Waals surface area (Å²) in [4.78, 5) is 25.7. The lowest BCUT2D eigenvalue weighted by Crippen LogP contribution is -2.38. The largest absolute Gasteiger partial charge is 0.483 e. The van der Waals surface area contributed by atoms with Gasteiger partial charge in [-0.25, -0.2) is 0 Å². The molecule has 0 bridgehead atoms. The molecule has 2 heterocycles. The van der Waals surface area contributed by atoms with Gasteiger partial charge in [-0.2, -0.15) is 0 Å². The van der Waals surface area contributed by atoms with Crippen LogP contribution in [0, 0.1) is 6.92 Å². The van der Waals surface area contributed by atoms with Gasteiger partial charge in [0.2, 0.25) is 11.3 Å². The zero-order valence-corrected chi connectivity index (χ0v) is 21.9. The molecule has 0 atom stereocenters. The SMILES string of the molecule is CCCCCCCCCC1(CC(=O)NCc2c(OCc3ccccc3)c(=O)cc(C)n2C)OC=CO1. The molecule has 2 aromatic rings. The third kappa shape index (κ3) is 7.90. The van der Waals surface area contributed by atoms with Crippen molar-refractivity contribution in [1.82, 2.24) is 9.88 Å². The molecule has 1 aromatic heterocycles. The lowest BCUT2D eigenvalue weighted by molar-refractivity contribution is -0.163. The zero-order chi connectivity index (χ0) is 25.8. The van der Waals surface area contributed by atoms with Crippen molar-refractivity contribution in [3.8, 4) is 5.75 Å². The summed E-state index contributed by atoms with van der Waals surface area (Å²) in [6.07, 6.45) is 12.0. The fraction of sp³-hybridized carbons (Fsp3) is 0.517. The van der Waals surface area contributed by atoms with Crippen molar-refractivity contribution in [3.05, 3.63) is 76.1 Å². The highest BCUT2D eigenvalue weighted by molar-refractivity contribution is 5.77. The molecule has 1 amide bonds. The maximum absolute atomic E-state index is 12.9. The highest BCUT2D eigenvalue weighted by Gasteiger charge is 2.37. The van der Waals surface area contributed by atoms with E-state index >= 15 is 0 Å². The maximum Gasteiger partial charge on any atom is 0.258 e. The molecule has 1 N–H and O–H groups in total. The zero-order valence-electron chi connectivity index (χ0n) is 21.9. The van der Waals surface area contributed by atoms with Crippen LogP contribution in [-0.4, -0.2) is 16.3 Å². The number of unbranched alkanes of at least 4 members (excludes halogenated alkanes) is 6. The van der Waals surface area contributed by atoms with Crippen LogP contribution in [0.1, 0.15) is 81.7 Å². The van der Waals surface area contributed by atoms with E-state index in [-0.39, 0.29) is 36.7 Å². The second-order valence-electron chi connectivity index (χ2n) is 9.50. The Morgan fingerprint density at radius 2 is 1.69 bits per heavy atom. The van der Waals surface area contributed by atoms with Gasteiger partial charge in [0.1, 0.15) is 25.6 Å². The van der Waals surface area contributed by atoms with Crippen molar-refractivity contribution >= 4 is 5.91 Å². The molecule has 196 valence electrons. The first-order valence-corrected chi connectivity index (χ1v) is 13.1. The molecular formula is C29H40N2O5. The first-order valence-electron chi connectivity index (χ1n) is 13.1. The molecule has 3 rings (SSSR count). The van der Waals surface area contributed by atoms with E-state index in [9.17, 15) is 9.59 Å². The van der Waals surface area contributed by atoms with Gasteiger partial charge in [-0.1, -0.05) is 75.8 Å². The Morgan fingerprint density at radius 1 is 1.03 bits per heavy atom. The Kier molecular flexibility index (Phi) is 10.5. The number of rotatable bonds is 15. The number of hydrogen-bond acceptors (Lipinski definition) is 5. The lowest BCUT2D eigenvalue weighted by atomic mass is 10.0. The Balaban J connectivity index is 1.58. The van der Waals surface area contributed by atoms with E-state index < -0.39 is 5.79 Å². The van der Waals surface area contributed by atoms with E-state index in [2.05, 4.69) is 12.2 Å². The van der Waals surface area contributed by atoms with Crippen molar-refractivity contribution in [2.45, 2.75) is 90.6 Å². The highest BCUT2D eigenvalue weighted by atomic mass is 16.7. The standard InChI is InChI=1S/C29H40N2O5/c1-4-5-6-7-8-9-13-16-29(35-17-18-36-29)20-27(33)30-21-25-28(26(32)19-23(2)31(25)3)34-22-24-14-11-10-12-15-24/h10-12,14-15,17-19H,4-9,13,16,20-22H2,1-3H3,(H,30,33). The number of pyridine rings is 1. The van der Waals surface area contributed by atoms with Crippen molar-refractivity contribution in [2.24, 2.45) is 7.05 Å². The Bertz CT molecular complexity index is 1050. The number of ether oxygens (including phenoxy) is 3. The van der Waals surface area contributed by atoms with Crippen LogP contribution in [0.4, 0.5) is 0 Å². The van der Waals surface area contributed by atoms with Crippen LogP contribution in [0.15, 0.2) is 53.7 Å². The topological polar surface area (TPSA) is 78.8 Å². The molecule has 7 nitrogen and oxygen atoms in total. The lowest BCUT2D eigenvalue weighted by Gasteiger charge is -2.27. The van der Waals surface area contributed by atoms with Gasteiger partial charge in [0.25, 0.3) is 5.79 Å². The molecule has 0 radical (unpaired) electrons. The van der Waals surface area contributed by atoms with Gasteiger partial charge in [-0.15, -0.1) is 0 Å². The summed E-state index contributed by atoms with van der Waals surface area (Å²) in [5, 5.41) is 2.94. The van der Waals surface area contributed by atoms with Crippen LogP contribution >= 0.6 is 0 Å². The Hall–Kier alpha value is -3.22. The van der Waals surface area contributed by atoms with Crippen LogP contribution in [0.5, 0.6) is 5.75 Å². The summed E-state index contributed by atoms with van der Waals surface area (Å²) in [7, 11) is 1.86. The third-order valence-corrected chi connectivity index (χ3v) is 6.65. The monoisotopic (exact) mass is 496 g/mol. The van der Waals surface area contributed by atoms with Crippen molar-refractivity contribution in [2.75, 3.05) is 0 Å². The van der Waals surface area contributed by atoms with Crippen molar-refractivity contribution < 1.29 is 19.0 Å². The number of nitrogens with one attached hydrogen (secondary N) is 1. The summed E-state index contributed by atoms with van der Waals surface area (Å²) in [6, 6.07) is 11.2. The molecule has 0 unspecified atom stereocenters. The van der Waals surface area contributed by atoms with Crippen LogP contribution in [0.3, 0.4) is 0 Å². The average molecular weight is 497 g/mol. The van der Waals surface area contributed by atoms with Crippen LogP contribution in [0.25, 0.3) is 0 Å². The molecule has 7 heteroatoms. The maximum atomic E-state index is 12.9. The molecular weight excluding hydrogens is 456 g/mol. The normalized spacial score (nSPS) is 13.8. The predicted octanol–water partition coefficient (Wildman–Crippen LogP) is 5.63. The summed E-state index contributed by atoms with van der Waals surface area (Å²) in [5.74, 6) is -0.914. The summed E-state index contributed by atoms with van der Waals surface area (Å²) < 4.78 is 19.3. The van der Waals surface area contributed by atoms with Crippen LogP contribution in [-0.2, 0) is 34.5 Å². The van der Waals surface area contributed by atoms with E-state index in [0.29, 0.717) is 12.1 Å². The minimum atomic E-state index is -0.960. The molecule has 0 saturated carbocycles. The average Bonchev–Trinajstić information content (AvgIpc) is 3.33. The van der Waals surface area contributed by atoms with Crippen molar-refractivity contribution in [3.63, 3.8) is 0 Å². The fourth-order valence-corrected chi connectivity index (χ4v) is 4.40. The predicted molar refractivity (Wildman–Crippen MR) is 140 cm³/mol. The van der Waals surface area contributed by atoms with E-state index in [4.69, 9.17) is 14.2 Å². The molecule has 0 saturated heterocycles. The van der Waals surface area contributed by atoms with Crippen LogP contribution in [0.2, 0.25) is 0 Å². The van der Waals surface area contributed by atoms with E-state index in [1.807, 2.05) is 48.9 Å². The van der Waals surface area contributed by atoms with Crippen molar-refractivity contribution in [1.29, 1.82) is 0 Å². The van der Waals surface area contributed by atoms with Gasteiger partial charge in [-0.05, 0) is 18.9 Å². The molecule has 1 aliphatic rings. The van der Waals surface area contributed by atoms with E-state index in [0.717, 1.165) is 24.1 Å².